The van der Waals surface area contributed by atoms with E-state index in [0.717, 1.165) is 17.1 Å². The molecule has 0 radical (unpaired) electrons. The standard InChI is InChI=1S/C25H23NO4/c1-4-24(27)29-23-12-8-11-21(17-23)26(19-9-6-5-7-10-19)20-13-15-22(16-14-20)30-25(28)18(2)3/h4-17,24,27H,1-2H2,3H3. The minimum atomic E-state index is -1.09. The average Bonchev–Trinajstić information content (AvgIpc) is 2.76. The van der Waals surface area contributed by atoms with E-state index >= 15 is 0 Å². The number of rotatable bonds is 8. The van der Waals surface area contributed by atoms with E-state index in [1.54, 1.807) is 25.1 Å². The fourth-order valence-corrected chi connectivity index (χ4v) is 2.77. The molecule has 3 rings (SSSR count). The van der Waals surface area contributed by atoms with Crippen molar-refractivity contribution in [2.24, 2.45) is 0 Å². The Morgan fingerprint density at radius 3 is 2.20 bits per heavy atom. The Bertz CT molecular complexity index is 1030. The Morgan fingerprint density at radius 2 is 1.57 bits per heavy atom. The number of para-hydroxylation sites is 1. The predicted octanol–water partition coefficient (Wildman–Crippen LogP) is 5.52. The van der Waals surface area contributed by atoms with Crippen LogP contribution in [0.5, 0.6) is 11.5 Å². The second kappa shape index (κ2) is 9.58. The van der Waals surface area contributed by atoms with E-state index in [1.807, 2.05) is 65.6 Å². The highest BCUT2D eigenvalue weighted by molar-refractivity contribution is 5.89. The molecule has 1 atom stereocenters. The maximum Gasteiger partial charge on any atom is 0.338 e. The number of hydrogen-bond acceptors (Lipinski definition) is 5. The summed E-state index contributed by atoms with van der Waals surface area (Å²) in [7, 11) is 0. The van der Waals surface area contributed by atoms with Crippen molar-refractivity contribution in [1.29, 1.82) is 0 Å². The van der Waals surface area contributed by atoms with E-state index in [4.69, 9.17) is 9.47 Å². The fraction of sp³-hybridized carbons (Fsp3) is 0.0800. The lowest BCUT2D eigenvalue weighted by atomic mass is 10.2. The minimum absolute atomic E-state index is 0.337. The largest absolute Gasteiger partial charge is 0.461 e. The molecule has 0 saturated carbocycles. The fourth-order valence-electron chi connectivity index (χ4n) is 2.77. The molecule has 152 valence electrons. The normalized spacial score (nSPS) is 11.3. The zero-order valence-electron chi connectivity index (χ0n) is 16.7. The average molecular weight is 401 g/mol. The maximum absolute atomic E-state index is 11.8. The summed E-state index contributed by atoms with van der Waals surface area (Å²) in [5.74, 6) is 0.479. The summed E-state index contributed by atoms with van der Waals surface area (Å²) in [4.78, 5) is 13.8. The van der Waals surface area contributed by atoms with Gasteiger partial charge < -0.3 is 19.5 Å². The monoisotopic (exact) mass is 401 g/mol. The first-order valence-corrected chi connectivity index (χ1v) is 9.38. The van der Waals surface area contributed by atoms with Gasteiger partial charge in [-0.3, -0.25) is 0 Å². The molecule has 5 heteroatoms. The number of hydrogen-bond donors (Lipinski definition) is 1. The summed E-state index contributed by atoms with van der Waals surface area (Å²) in [5, 5.41) is 9.71. The summed E-state index contributed by atoms with van der Waals surface area (Å²) in [6.07, 6.45) is 0.222. The van der Waals surface area contributed by atoms with Crippen molar-refractivity contribution in [2.45, 2.75) is 13.2 Å². The third-order valence-corrected chi connectivity index (χ3v) is 4.20. The van der Waals surface area contributed by atoms with Crippen LogP contribution in [0.1, 0.15) is 6.92 Å². The van der Waals surface area contributed by atoms with Gasteiger partial charge in [-0.05, 0) is 61.5 Å². The first-order valence-electron chi connectivity index (χ1n) is 9.38. The number of carbonyl (C=O) groups is 1. The highest BCUT2D eigenvalue weighted by atomic mass is 16.6. The molecule has 0 aliphatic heterocycles. The number of ether oxygens (including phenoxy) is 2. The summed E-state index contributed by atoms with van der Waals surface area (Å²) in [6, 6.07) is 24.4. The van der Waals surface area contributed by atoms with Crippen molar-refractivity contribution in [3.05, 3.63) is 104 Å². The molecule has 0 bridgehead atoms. The highest BCUT2D eigenvalue weighted by Gasteiger charge is 2.14. The van der Waals surface area contributed by atoms with Crippen LogP contribution in [0, 0.1) is 0 Å². The van der Waals surface area contributed by atoms with Crippen molar-refractivity contribution in [2.75, 3.05) is 4.90 Å². The van der Waals surface area contributed by atoms with Crippen molar-refractivity contribution in [1.82, 2.24) is 0 Å². The third-order valence-electron chi connectivity index (χ3n) is 4.20. The van der Waals surface area contributed by atoms with Crippen LogP contribution >= 0.6 is 0 Å². The molecule has 5 nitrogen and oxygen atoms in total. The number of benzene rings is 3. The van der Waals surface area contributed by atoms with Gasteiger partial charge in [0.25, 0.3) is 0 Å². The van der Waals surface area contributed by atoms with E-state index in [9.17, 15) is 9.90 Å². The number of nitrogens with zero attached hydrogens (tertiary/aromatic N) is 1. The molecule has 0 fully saturated rings. The lowest BCUT2D eigenvalue weighted by Gasteiger charge is -2.26. The molecule has 0 heterocycles. The Morgan fingerprint density at radius 1 is 0.933 bits per heavy atom. The number of aliphatic hydroxyl groups is 1. The molecule has 0 amide bonds. The van der Waals surface area contributed by atoms with Crippen molar-refractivity contribution in [3.63, 3.8) is 0 Å². The number of carbonyl (C=O) groups excluding carboxylic acids is 1. The Labute approximate surface area is 176 Å². The lowest BCUT2D eigenvalue weighted by molar-refractivity contribution is -0.130. The summed E-state index contributed by atoms with van der Waals surface area (Å²) >= 11 is 0. The van der Waals surface area contributed by atoms with Crippen LogP contribution in [0.25, 0.3) is 0 Å². The topological polar surface area (TPSA) is 59.0 Å². The number of anilines is 3. The molecule has 3 aromatic carbocycles. The van der Waals surface area contributed by atoms with Gasteiger partial charge in [-0.2, -0.15) is 0 Å². The summed E-state index contributed by atoms with van der Waals surface area (Å²) in [5.41, 5.74) is 2.97. The van der Waals surface area contributed by atoms with E-state index in [2.05, 4.69) is 13.2 Å². The third kappa shape index (κ3) is 5.16. The van der Waals surface area contributed by atoms with E-state index in [0.29, 0.717) is 17.1 Å². The quantitative estimate of drug-likeness (QED) is 0.177. The van der Waals surface area contributed by atoms with Gasteiger partial charge in [-0.1, -0.05) is 37.4 Å². The van der Waals surface area contributed by atoms with Gasteiger partial charge in [0, 0.05) is 28.7 Å². The second-order valence-corrected chi connectivity index (χ2v) is 6.58. The summed E-state index contributed by atoms with van der Waals surface area (Å²) in [6.45, 7) is 8.72. The van der Waals surface area contributed by atoms with Gasteiger partial charge >= 0.3 is 5.97 Å². The van der Waals surface area contributed by atoms with Crippen molar-refractivity contribution in [3.8, 4) is 11.5 Å². The van der Waals surface area contributed by atoms with Gasteiger partial charge in [0.05, 0.1) is 0 Å². The van der Waals surface area contributed by atoms with E-state index < -0.39 is 12.3 Å². The zero-order valence-corrected chi connectivity index (χ0v) is 16.7. The van der Waals surface area contributed by atoms with Crippen LogP contribution in [-0.4, -0.2) is 17.4 Å². The highest BCUT2D eigenvalue weighted by Crippen LogP contribution is 2.36. The first-order chi connectivity index (χ1) is 14.5. The van der Waals surface area contributed by atoms with Crippen LogP contribution < -0.4 is 14.4 Å². The molecule has 0 spiro atoms. The molecular weight excluding hydrogens is 378 g/mol. The summed E-state index contributed by atoms with van der Waals surface area (Å²) < 4.78 is 10.7. The number of aliphatic hydroxyl groups excluding tert-OH is 1. The number of esters is 1. The van der Waals surface area contributed by atoms with Crippen molar-refractivity contribution >= 4 is 23.0 Å². The molecule has 0 aliphatic carbocycles. The molecule has 0 aromatic heterocycles. The van der Waals surface area contributed by atoms with Crippen LogP contribution in [0.4, 0.5) is 17.1 Å². The van der Waals surface area contributed by atoms with Crippen LogP contribution in [0.15, 0.2) is 104 Å². The molecule has 0 aliphatic rings. The van der Waals surface area contributed by atoms with E-state index in [-0.39, 0.29) is 0 Å². The van der Waals surface area contributed by atoms with Gasteiger partial charge in [0.2, 0.25) is 6.29 Å². The molecule has 30 heavy (non-hydrogen) atoms. The molecule has 1 N–H and O–H groups in total. The Hall–Kier alpha value is -3.83. The van der Waals surface area contributed by atoms with Gasteiger partial charge in [0.1, 0.15) is 11.5 Å². The van der Waals surface area contributed by atoms with E-state index in [1.165, 1.54) is 6.08 Å². The van der Waals surface area contributed by atoms with Gasteiger partial charge in [0.15, 0.2) is 0 Å². The first kappa shape index (κ1) is 20.9. The SMILES string of the molecule is C=CC(O)Oc1cccc(N(c2ccccc2)c2ccc(OC(=O)C(=C)C)cc2)c1. The van der Waals surface area contributed by atoms with Gasteiger partial charge in [-0.15, -0.1) is 0 Å². The molecule has 0 saturated heterocycles. The van der Waals surface area contributed by atoms with Crippen LogP contribution in [0.2, 0.25) is 0 Å². The molecular formula is C25H23NO4. The molecule has 3 aromatic rings. The van der Waals surface area contributed by atoms with Crippen LogP contribution in [-0.2, 0) is 4.79 Å². The van der Waals surface area contributed by atoms with Gasteiger partial charge in [-0.25, -0.2) is 4.79 Å². The van der Waals surface area contributed by atoms with Crippen LogP contribution in [0.3, 0.4) is 0 Å². The Balaban J connectivity index is 1.97. The lowest BCUT2D eigenvalue weighted by Crippen LogP contribution is -2.13. The maximum atomic E-state index is 11.8. The minimum Gasteiger partial charge on any atom is -0.461 e. The smallest absolute Gasteiger partial charge is 0.338 e. The van der Waals surface area contributed by atoms with Crippen molar-refractivity contribution < 1.29 is 19.4 Å². The predicted molar refractivity (Wildman–Crippen MR) is 118 cm³/mol. The zero-order chi connectivity index (χ0) is 21.5. The second-order valence-electron chi connectivity index (χ2n) is 6.58. The molecule has 1 unspecified atom stereocenters. The Kier molecular flexibility index (Phi) is 6.67.